The summed E-state index contributed by atoms with van der Waals surface area (Å²) in [4.78, 5) is 1.66. The number of nitrogens with one attached hydrogen (secondary N) is 1. The first-order chi connectivity index (χ1) is 9.75. The highest BCUT2D eigenvalue weighted by atomic mass is 19.4. The van der Waals surface area contributed by atoms with Crippen molar-refractivity contribution in [1.82, 2.24) is 5.32 Å². The molecule has 0 saturated carbocycles. The van der Waals surface area contributed by atoms with Crippen molar-refractivity contribution in [3.05, 3.63) is 29.3 Å². The maximum atomic E-state index is 13.2. The summed E-state index contributed by atoms with van der Waals surface area (Å²) in [6, 6.07) is 4.60. The van der Waals surface area contributed by atoms with E-state index in [2.05, 4.69) is 19.2 Å². The summed E-state index contributed by atoms with van der Waals surface area (Å²) in [6.45, 7) is 7.94. The maximum Gasteiger partial charge on any atom is 0.418 e. The van der Waals surface area contributed by atoms with Gasteiger partial charge in [-0.1, -0.05) is 26.8 Å². The molecule has 0 spiro atoms. The van der Waals surface area contributed by atoms with Gasteiger partial charge in [0.25, 0.3) is 0 Å². The average molecular weight is 302 g/mol. The molecule has 1 aromatic rings. The summed E-state index contributed by atoms with van der Waals surface area (Å²) in [5, 5.41) is 3.17. The van der Waals surface area contributed by atoms with Crippen molar-refractivity contribution in [3.63, 3.8) is 0 Å². The summed E-state index contributed by atoms with van der Waals surface area (Å²) in [5.41, 5.74) is 0.357. The van der Waals surface area contributed by atoms with Crippen LogP contribution in [-0.4, -0.2) is 20.1 Å². The molecule has 0 aliphatic heterocycles. The van der Waals surface area contributed by atoms with Crippen LogP contribution in [-0.2, 0) is 12.7 Å². The third kappa shape index (κ3) is 5.58. The Labute approximate surface area is 125 Å². The van der Waals surface area contributed by atoms with Gasteiger partial charge in [0, 0.05) is 25.8 Å². The summed E-state index contributed by atoms with van der Waals surface area (Å²) in [7, 11) is 1.70. The molecule has 0 aromatic heterocycles. The predicted molar refractivity (Wildman–Crippen MR) is 81.5 cm³/mol. The molecule has 21 heavy (non-hydrogen) atoms. The number of halogens is 3. The lowest BCUT2D eigenvalue weighted by Gasteiger charge is -2.24. The Hall–Kier alpha value is -1.23. The molecular formula is C16H25F3N2. The van der Waals surface area contributed by atoms with Gasteiger partial charge >= 0.3 is 6.18 Å². The third-order valence-electron chi connectivity index (χ3n) is 3.22. The molecule has 2 nitrogen and oxygen atoms in total. The Morgan fingerprint density at radius 3 is 2.43 bits per heavy atom. The van der Waals surface area contributed by atoms with E-state index < -0.39 is 11.7 Å². The fraction of sp³-hybridized carbons (Fsp3) is 0.625. The van der Waals surface area contributed by atoms with Crippen LogP contribution in [0.15, 0.2) is 18.2 Å². The summed E-state index contributed by atoms with van der Waals surface area (Å²) >= 11 is 0. The number of rotatable bonds is 7. The van der Waals surface area contributed by atoms with Gasteiger partial charge in [-0.3, -0.25) is 0 Å². The molecular weight excluding hydrogens is 277 g/mol. The zero-order chi connectivity index (χ0) is 16.0. The van der Waals surface area contributed by atoms with Crippen LogP contribution >= 0.6 is 0 Å². The molecule has 120 valence electrons. The van der Waals surface area contributed by atoms with Crippen LogP contribution in [0.3, 0.4) is 0 Å². The molecule has 0 heterocycles. The van der Waals surface area contributed by atoms with Crippen LogP contribution in [0.2, 0.25) is 0 Å². The topological polar surface area (TPSA) is 15.3 Å². The van der Waals surface area contributed by atoms with Gasteiger partial charge in [-0.2, -0.15) is 13.2 Å². The molecule has 1 N–H and O–H groups in total. The minimum Gasteiger partial charge on any atom is -0.374 e. The molecule has 0 radical (unpaired) electrons. The molecule has 0 aliphatic carbocycles. The molecule has 1 aromatic carbocycles. The van der Waals surface area contributed by atoms with Crippen molar-refractivity contribution in [1.29, 1.82) is 0 Å². The Bertz CT molecular complexity index is 442. The van der Waals surface area contributed by atoms with Gasteiger partial charge in [-0.05, 0) is 36.6 Å². The van der Waals surface area contributed by atoms with Gasteiger partial charge in [0.1, 0.15) is 0 Å². The lowest BCUT2D eigenvalue weighted by molar-refractivity contribution is -0.137. The number of anilines is 1. The Kier molecular flexibility index (Phi) is 6.52. The third-order valence-corrected chi connectivity index (χ3v) is 3.22. The number of alkyl halides is 3. The van der Waals surface area contributed by atoms with Crippen LogP contribution in [0.4, 0.5) is 18.9 Å². The Morgan fingerprint density at radius 2 is 1.90 bits per heavy atom. The highest BCUT2D eigenvalue weighted by Gasteiger charge is 2.34. The van der Waals surface area contributed by atoms with E-state index >= 15 is 0 Å². The largest absolute Gasteiger partial charge is 0.418 e. The average Bonchev–Trinajstić information content (AvgIpc) is 2.37. The van der Waals surface area contributed by atoms with Gasteiger partial charge in [0.05, 0.1) is 5.56 Å². The van der Waals surface area contributed by atoms with E-state index in [1.165, 1.54) is 6.07 Å². The lowest BCUT2D eigenvalue weighted by Crippen LogP contribution is -2.23. The smallest absolute Gasteiger partial charge is 0.374 e. The molecule has 0 bridgehead atoms. The quantitative estimate of drug-likeness (QED) is 0.808. The monoisotopic (exact) mass is 302 g/mol. The minimum absolute atomic E-state index is 0.247. The molecule has 0 unspecified atom stereocenters. The second-order valence-corrected chi connectivity index (χ2v) is 5.80. The van der Waals surface area contributed by atoms with Crippen molar-refractivity contribution in [2.45, 2.75) is 39.9 Å². The van der Waals surface area contributed by atoms with Crippen molar-refractivity contribution in [3.8, 4) is 0 Å². The van der Waals surface area contributed by atoms with E-state index in [1.54, 1.807) is 24.1 Å². The Balaban J connectivity index is 2.96. The first-order valence-electron chi connectivity index (χ1n) is 7.37. The summed E-state index contributed by atoms with van der Waals surface area (Å²) < 4.78 is 39.7. The molecule has 5 heteroatoms. The van der Waals surface area contributed by atoms with Crippen LogP contribution in [0, 0.1) is 5.92 Å². The minimum atomic E-state index is -4.33. The van der Waals surface area contributed by atoms with Crippen molar-refractivity contribution >= 4 is 5.69 Å². The van der Waals surface area contributed by atoms with Crippen LogP contribution < -0.4 is 10.2 Å². The zero-order valence-corrected chi connectivity index (χ0v) is 13.2. The summed E-state index contributed by atoms with van der Waals surface area (Å²) in [6.07, 6.45) is -3.52. The molecule has 0 amide bonds. The standard InChI is InChI=1S/C16H25F3N2/c1-5-8-21(4)15-7-6-13(11-20-10-12(2)3)9-14(15)16(17,18)19/h6-7,9,12,20H,5,8,10-11H2,1-4H3. The maximum absolute atomic E-state index is 13.2. The Morgan fingerprint density at radius 1 is 1.24 bits per heavy atom. The van der Waals surface area contributed by atoms with Crippen LogP contribution in [0.5, 0.6) is 0 Å². The van der Waals surface area contributed by atoms with Gasteiger partial charge in [-0.15, -0.1) is 0 Å². The van der Waals surface area contributed by atoms with Gasteiger partial charge in [0.15, 0.2) is 0 Å². The number of hydrogen-bond acceptors (Lipinski definition) is 2. The van der Waals surface area contributed by atoms with E-state index in [9.17, 15) is 13.2 Å². The predicted octanol–water partition coefficient (Wildman–Crippen LogP) is 4.30. The fourth-order valence-electron chi connectivity index (χ4n) is 2.21. The molecule has 1 rings (SSSR count). The van der Waals surface area contributed by atoms with Gasteiger partial charge in [0.2, 0.25) is 0 Å². The highest BCUT2D eigenvalue weighted by molar-refractivity contribution is 5.56. The van der Waals surface area contributed by atoms with E-state index in [0.29, 0.717) is 24.6 Å². The second kappa shape index (κ2) is 7.69. The van der Waals surface area contributed by atoms with Gasteiger partial charge < -0.3 is 10.2 Å². The SMILES string of the molecule is CCCN(C)c1ccc(CNCC(C)C)cc1C(F)(F)F. The normalized spacial score (nSPS) is 12.0. The van der Waals surface area contributed by atoms with E-state index in [0.717, 1.165) is 13.0 Å². The molecule has 0 fully saturated rings. The zero-order valence-electron chi connectivity index (χ0n) is 13.2. The number of nitrogens with zero attached hydrogens (tertiary/aromatic N) is 1. The van der Waals surface area contributed by atoms with Crippen molar-refractivity contribution < 1.29 is 13.2 Å². The van der Waals surface area contributed by atoms with E-state index in [1.807, 2.05) is 6.92 Å². The first kappa shape index (κ1) is 17.8. The van der Waals surface area contributed by atoms with E-state index in [-0.39, 0.29) is 5.69 Å². The lowest BCUT2D eigenvalue weighted by atomic mass is 10.1. The van der Waals surface area contributed by atoms with Crippen molar-refractivity contribution in [2.75, 3.05) is 25.0 Å². The molecule has 0 saturated heterocycles. The summed E-state index contributed by atoms with van der Waals surface area (Å²) in [5.74, 6) is 0.474. The molecule has 0 aliphatic rings. The first-order valence-corrected chi connectivity index (χ1v) is 7.37. The van der Waals surface area contributed by atoms with Crippen LogP contribution in [0.25, 0.3) is 0 Å². The highest BCUT2D eigenvalue weighted by Crippen LogP contribution is 2.37. The number of hydrogen-bond donors (Lipinski definition) is 1. The van der Waals surface area contributed by atoms with Gasteiger partial charge in [-0.25, -0.2) is 0 Å². The van der Waals surface area contributed by atoms with Crippen molar-refractivity contribution in [2.24, 2.45) is 5.92 Å². The van der Waals surface area contributed by atoms with E-state index in [4.69, 9.17) is 0 Å². The molecule has 0 atom stereocenters. The van der Waals surface area contributed by atoms with Crippen LogP contribution in [0.1, 0.15) is 38.3 Å². The number of benzene rings is 1. The second-order valence-electron chi connectivity index (χ2n) is 5.80. The fourth-order valence-corrected chi connectivity index (χ4v) is 2.21.